The molecule has 1 unspecified atom stereocenters. The predicted octanol–water partition coefficient (Wildman–Crippen LogP) is 3.99. The van der Waals surface area contributed by atoms with Gasteiger partial charge < -0.3 is 4.74 Å². The van der Waals surface area contributed by atoms with Gasteiger partial charge in [-0.05, 0) is 22.0 Å². The molecule has 0 spiro atoms. The quantitative estimate of drug-likeness (QED) is 0.591. The number of methoxy groups -OCH3 is 1. The summed E-state index contributed by atoms with van der Waals surface area (Å²) >= 11 is 7.90. The second kappa shape index (κ2) is 4.40. The zero-order valence-corrected chi connectivity index (χ0v) is 9.29. The molecule has 0 bridgehead atoms. The van der Waals surface area contributed by atoms with Crippen LogP contribution < -0.4 is 4.74 Å². The van der Waals surface area contributed by atoms with Crippen LogP contribution in [0.3, 0.4) is 0 Å². The molecule has 0 aliphatic carbocycles. The van der Waals surface area contributed by atoms with E-state index >= 15 is 0 Å². The van der Waals surface area contributed by atoms with E-state index < -0.39 is 33.1 Å². The van der Waals surface area contributed by atoms with E-state index in [0.717, 1.165) is 7.11 Å². The van der Waals surface area contributed by atoms with Gasteiger partial charge in [0, 0.05) is 5.56 Å². The Hall–Kier alpha value is -0.420. The molecule has 0 heterocycles. The fraction of sp³-hybridized carbons (Fsp3) is 0.250. The maximum absolute atomic E-state index is 13.2. The topological polar surface area (TPSA) is 9.23 Å². The molecule has 0 aromatic heterocycles. The van der Waals surface area contributed by atoms with E-state index in [4.69, 9.17) is 11.6 Å². The van der Waals surface area contributed by atoms with Crippen molar-refractivity contribution in [2.24, 2.45) is 0 Å². The first kappa shape index (κ1) is 11.7. The van der Waals surface area contributed by atoms with Gasteiger partial charge in [-0.2, -0.15) is 0 Å². The van der Waals surface area contributed by atoms with E-state index in [0.29, 0.717) is 6.07 Å². The molecule has 0 aliphatic heterocycles. The van der Waals surface area contributed by atoms with E-state index in [-0.39, 0.29) is 0 Å². The SMILES string of the molecule is COc1c(F)cc(C(F)Br)c(F)c1Cl. The number of hydrogen-bond acceptors (Lipinski definition) is 1. The second-order valence-corrected chi connectivity index (χ2v) is 3.59. The number of halogens is 5. The molecule has 0 fully saturated rings. The van der Waals surface area contributed by atoms with Crippen LogP contribution >= 0.6 is 27.5 Å². The molecule has 1 aromatic rings. The summed E-state index contributed by atoms with van der Waals surface area (Å²) in [5.74, 6) is -2.37. The van der Waals surface area contributed by atoms with Crippen molar-refractivity contribution in [1.29, 1.82) is 0 Å². The minimum Gasteiger partial charge on any atom is -0.492 e. The minimum absolute atomic E-state index is 0.430. The molecule has 0 radical (unpaired) electrons. The van der Waals surface area contributed by atoms with Gasteiger partial charge in [0.2, 0.25) is 0 Å². The standard InChI is InChI=1S/C8H5BrClF3O/c1-14-7-4(11)2-3(8(9)13)6(12)5(7)10/h2,8H,1H3. The van der Waals surface area contributed by atoms with Crippen molar-refractivity contribution in [3.05, 3.63) is 28.3 Å². The first-order valence-corrected chi connectivity index (χ1v) is 4.78. The summed E-state index contributed by atoms with van der Waals surface area (Å²) < 4.78 is 43.5. The Kier molecular flexibility index (Phi) is 3.66. The van der Waals surface area contributed by atoms with E-state index in [2.05, 4.69) is 20.7 Å². The Morgan fingerprint density at radius 3 is 2.50 bits per heavy atom. The summed E-state index contributed by atoms with van der Waals surface area (Å²) in [4.78, 5) is 0. The third-order valence-corrected chi connectivity index (χ3v) is 2.41. The van der Waals surface area contributed by atoms with Crippen molar-refractivity contribution in [2.75, 3.05) is 7.11 Å². The van der Waals surface area contributed by atoms with Crippen LogP contribution in [0.5, 0.6) is 5.75 Å². The molecule has 0 amide bonds. The highest BCUT2D eigenvalue weighted by Gasteiger charge is 2.21. The van der Waals surface area contributed by atoms with Gasteiger partial charge in [0.25, 0.3) is 0 Å². The minimum atomic E-state index is -1.81. The highest BCUT2D eigenvalue weighted by molar-refractivity contribution is 9.09. The normalized spacial score (nSPS) is 12.7. The fourth-order valence-electron chi connectivity index (χ4n) is 0.943. The molecule has 6 heteroatoms. The molecule has 1 rings (SSSR count). The number of hydrogen-bond donors (Lipinski definition) is 0. The molecule has 0 saturated carbocycles. The Bertz CT molecular complexity index is 357. The lowest BCUT2D eigenvalue weighted by Crippen LogP contribution is -1.97. The van der Waals surface area contributed by atoms with Gasteiger partial charge in [-0.25, -0.2) is 13.2 Å². The zero-order chi connectivity index (χ0) is 10.9. The van der Waals surface area contributed by atoms with Gasteiger partial charge in [0.05, 0.1) is 7.11 Å². The maximum Gasteiger partial charge on any atom is 0.183 e. The monoisotopic (exact) mass is 288 g/mol. The lowest BCUT2D eigenvalue weighted by molar-refractivity contribution is 0.379. The fourth-order valence-corrected chi connectivity index (χ4v) is 1.55. The van der Waals surface area contributed by atoms with Crippen molar-refractivity contribution >= 4 is 27.5 Å². The highest BCUT2D eigenvalue weighted by Crippen LogP contribution is 2.37. The van der Waals surface area contributed by atoms with Crippen LogP contribution in [0.4, 0.5) is 13.2 Å². The number of alkyl halides is 2. The van der Waals surface area contributed by atoms with Crippen LogP contribution in [0.2, 0.25) is 5.02 Å². The van der Waals surface area contributed by atoms with Crippen LogP contribution in [0, 0.1) is 11.6 Å². The lowest BCUT2D eigenvalue weighted by Gasteiger charge is -2.09. The molecule has 14 heavy (non-hydrogen) atoms. The maximum atomic E-state index is 13.2. The van der Waals surface area contributed by atoms with E-state index in [1.54, 1.807) is 0 Å². The lowest BCUT2D eigenvalue weighted by atomic mass is 10.2. The summed E-state index contributed by atoms with van der Waals surface area (Å²) in [6.45, 7) is 0. The van der Waals surface area contributed by atoms with Crippen LogP contribution in [0.25, 0.3) is 0 Å². The summed E-state index contributed by atoms with van der Waals surface area (Å²) in [6.07, 6.45) is 0. The van der Waals surface area contributed by atoms with Crippen molar-refractivity contribution in [3.63, 3.8) is 0 Å². The highest BCUT2D eigenvalue weighted by atomic mass is 79.9. The van der Waals surface area contributed by atoms with E-state index in [1.807, 2.05) is 0 Å². The third kappa shape index (κ3) is 1.98. The summed E-state index contributed by atoms with van der Waals surface area (Å²) in [7, 11) is 1.14. The first-order valence-electron chi connectivity index (χ1n) is 3.48. The Morgan fingerprint density at radius 1 is 1.50 bits per heavy atom. The summed E-state index contributed by atoms with van der Waals surface area (Å²) in [5, 5.41) is -2.37. The third-order valence-electron chi connectivity index (χ3n) is 1.58. The van der Waals surface area contributed by atoms with E-state index in [9.17, 15) is 13.2 Å². The van der Waals surface area contributed by atoms with Gasteiger partial charge >= 0.3 is 0 Å². The van der Waals surface area contributed by atoms with Crippen LogP contribution in [-0.2, 0) is 0 Å². The average Bonchev–Trinajstić information content (AvgIpc) is 2.12. The number of rotatable bonds is 2. The number of ether oxygens (including phenoxy) is 1. The zero-order valence-electron chi connectivity index (χ0n) is 6.95. The molecule has 1 aromatic carbocycles. The second-order valence-electron chi connectivity index (χ2n) is 2.41. The van der Waals surface area contributed by atoms with Gasteiger partial charge in [0.15, 0.2) is 22.5 Å². The van der Waals surface area contributed by atoms with Crippen LogP contribution in [0.15, 0.2) is 6.07 Å². The molecule has 1 nitrogen and oxygen atoms in total. The Morgan fingerprint density at radius 2 is 2.07 bits per heavy atom. The summed E-state index contributed by atoms with van der Waals surface area (Å²) in [6, 6.07) is 0.694. The number of benzene rings is 1. The predicted molar refractivity (Wildman–Crippen MR) is 50.7 cm³/mol. The van der Waals surface area contributed by atoms with Crippen LogP contribution in [-0.4, -0.2) is 7.11 Å². The molecule has 78 valence electrons. The Balaban J connectivity index is 3.40. The van der Waals surface area contributed by atoms with Gasteiger partial charge in [-0.3, -0.25) is 0 Å². The molecule has 0 N–H and O–H groups in total. The molecular formula is C8H5BrClF3O. The van der Waals surface area contributed by atoms with Gasteiger partial charge in [-0.1, -0.05) is 11.6 Å². The molecule has 1 atom stereocenters. The van der Waals surface area contributed by atoms with Crippen molar-refractivity contribution < 1.29 is 17.9 Å². The van der Waals surface area contributed by atoms with Gasteiger partial charge in [0.1, 0.15) is 5.02 Å². The van der Waals surface area contributed by atoms with Crippen molar-refractivity contribution in [1.82, 2.24) is 0 Å². The molecule has 0 saturated heterocycles. The van der Waals surface area contributed by atoms with Gasteiger partial charge in [-0.15, -0.1) is 0 Å². The largest absolute Gasteiger partial charge is 0.492 e. The molecule has 0 aliphatic rings. The van der Waals surface area contributed by atoms with Crippen molar-refractivity contribution in [3.8, 4) is 5.75 Å². The Labute approximate surface area is 91.9 Å². The first-order chi connectivity index (χ1) is 6.49. The molecular weight excluding hydrogens is 284 g/mol. The summed E-state index contributed by atoms with van der Waals surface area (Å²) in [5.41, 5.74) is -0.492. The smallest absolute Gasteiger partial charge is 0.183 e. The van der Waals surface area contributed by atoms with E-state index in [1.165, 1.54) is 0 Å². The van der Waals surface area contributed by atoms with Crippen molar-refractivity contribution in [2.45, 2.75) is 5.08 Å². The van der Waals surface area contributed by atoms with Crippen LogP contribution in [0.1, 0.15) is 10.6 Å². The average molecular weight is 289 g/mol.